The Labute approximate surface area is 120 Å². The van der Waals surface area contributed by atoms with Crippen LogP contribution in [0.3, 0.4) is 0 Å². The number of hydrogen-bond donors (Lipinski definition) is 2. The second kappa shape index (κ2) is 7.22. The van der Waals surface area contributed by atoms with Crippen LogP contribution < -0.4 is 5.73 Å². The topological polar surface area (TPSA) is 71.9 Å². The number of furan rings is 1. The van der Waals surface area contributed by atoms with Crippen molar-refractivity contribution < 1.29 is 14.3 Å². The number of nitrogens with zero attached hydrogens (tertiary/aromatic N) is 1. The molecule has 2 heterocycles. The molecule has 20 heavy (non-hydrogen) atoms. The summed E-state index contributed by atoms with van der Waals surface area (Å²) in [4.78, 5) is 2.38. The predicted molar refractivity (Wildman–Crippen MR) is 77.5 cm³/mol. The smallest absolute Gasteiger partial charge is 0.122 e. The molecular formula is C15H26N2O3. The summed E-state index contributed by atoms with van der Waals surface area (Å²) in [5.74, 6) is 1.87. The summed E-state index contributed by atoms with van der Waals surface area (Å²) >= 11 is 0. The Morgan fingerprint density at radius 1 is 1.45 bits per heavy atom. The summed E-state index contributed by atoms with van der Waals surface area (Å²) in [6.45, 7) is 6.39. The lowest BCUT2D eigenvalue weighted by atomic mass is 10.0. The zero-order valence-corrected chi connectivity index (χ0v) is 12.4. The van der Waals surface area contributed by atoms with Gasteiger partial charge in [-0.1, -0.05) is 0 Å². The van der Waals surface area contributed by atoms with E-state index in [9.17, 15) is 0 Å². The first-order valence-corrected chi connectivity index (χ1v) is 7.40. The Kier molecular flexibility index (Phi) is 5.60. The Balaban J connectivity index is 1.95. The van der Waals surface area contributed by atoms with Gasteiger partial charge in [0.25, 0.3) is 0 Å². The molecule has 0 saturated carbocycles. The molecular weight excluding hydrogens is 256 g/mol. The van der Waals surface area contributed by atoms with Gasteiger partial charge in [-0.05, 0) is 38.8 Å². The third-order valence-electron chi connectivity index (χ3n) is 3.87. The molecule has 0 amide bonds. The Morgan fingerprint density at radius 3 is 2.65 bits per heavy atom. The maximum atomic E-state index is 8.80. The first-order valence-electron chi connectivity index (χ1n) is 7.40. The Morgan fingerprint density at radius 2 is 2.15 bits per heavy atom. The normalized spacial score (nSPS) is 21.0. The average molecular weight is 282 g/mol. The van der Waals surface area contributed by atoms with Gasteiger partial charge in [0.2, 0.25) is 0 Å². The number of aryl methyl sites for hydroxylation is 1. The number of piperidine rings is 1. The summed E-state index contributed by atoms with van der Waals surface area (Å²) in [7, 11) is 0. The highest BCUT2D eigenvalue weighted by Gasteiger charge is 2.30. The second-order valence-corrected chi connectivity index (χ2v) is 5.58. The SMILES string of the molecule is Cc1ccc(C(C(C)N)N2CCC(OCCO)CC2)o1. The van der Waals surface area contributed by atoms with Crippen molar-refractivity contribution in [3.05, 3.63) is 23.7 Å². The fourth-order valence-electron chi connectivity index (χ4n) is 2.92. The van der Waals surface area contributed by atoms with E-state index in [1.165, 1.54) is 0 Å². The fourth-order valence-corrected chi connectivity index (χ4v) is 2.92. The molecule has 2 rings (SSSR count). The summed E-state index contributed by atoms with van der Waals surface area (Å²) in [6.07, 6.45) is 2.21. The highest BCUT2D eigenvalue weighted by Crippen LogP contribution is 2.28. The van der Waals surface area contributed by atoms with E-state index < -0.39 is 0 Å². The number of aliphatic hydroxyl groups excluding tert-OH is 1. The molecule has 1 aliphatic rings. The molecule has 0 aromatic carbocycles. The second-order valence-electron chi connectivity index (χ2n) is 5.58. The van der Waals surface area contributed by atoms with Gasteiger partial charge in [-0.25, -0.2) is 0 Å². The van der Waals surface area contributed by atoms with Gasteiger partial charge in [0.1, 0.15) is 11.5 Å². The van der Waals surface area contributed by atoms with E-state index in [2.05, 4.69) is 4.90 Å². The molecule has 1 aliphatic heterocycles. The summed E-state index contributed by atoms with van der Waals surface area (Å²) in [5.41, 5.74) is 6.16. The number of rotatable bonds is 6. The highest BCUT2D eigenvalue weighted by atomic mass is 16.5. The Hall–Kier alpha value is -0.880. The number of hydrogen-bond acceptors (Lipinski definition) is 5. The van der Waals surface area contributed by atoms with Crippen molar-refractivity contribution in [2.24, 2.45) is 5.73 Å². The van der Waals surface area contributed by atoms with Crippen LogP contribution in [0.1, 0.15) is 37.3 Å². The van der Waals surface area contributed by atoms with Gasteiger partial charge in [-0.3, -0.25) is 4.90 Å². The summed E-state index contributed by atoms with van der Waals surface area (Å²) in [5, 5.41) is 8.80. The van der Waals surface area contributed by atoms with E-state index in [1.54, 1.807) is 0 Å². The van der Waals surface area contributed by atoms with Crippen LogP contribution in [0.4, 0.5) is 0 Å². The van der Waals surface area contributed by atoms with Gasteiger partial charge >= 0.3 is 0 Å². The van der Waals surface area contributed by atoms with Crippen LogP contribution in [0.2, 0.25) is 0 Å². The number of nitrogens with two attached hydrogens (primary N) is 1. The van der Waals surface area contributed by atoms with Crippen molar-refractivity contribution in [2.75, 3.05) is 26.3 Å². The zero-order chi connectivity index (χ0) is 14.5. The van der Waals surface area contributed by atoms with Crippen LogP contribution >= 0.6 is 0 Å². The van der Waals surface area contributed by atoms with Gasteiger partial charge in [0, 0.05) is 19.1 Å². The lowest BCUT2D eigenvalue weighted by molar-refractivity contribution is -0.0192. The van der Waals surface area contributed by atoms with Crippen molar-refractivity contribution in [1.82, 2.24) is 4.90 Å². The highest BCUT2D eigenvalue weighted by molar-refractivity contribution is 5.12. The van der Waals surface area contributed by atoms with E-state index in [4.69, 9.17) is 20.0 Å². The fraction of sp³-hybridized carbons (Fsp3) is 0.733. The molecule has 114 valence electrons. The van der Waals surface area contributed by atoms with Crippen LogP contribution in [0.5, 0.6) is 0 Å². The van der Waals surface area contributed by atoms with Crippen molar-refractivity contribution in [1.29, 1.82) is 0 Å². The van der Waals surface area contributed by atoms with Crippen LogP contribution in [-0.4, -0.2) is 48.5 Å². The molecule has 2 atom stereocenters. The Bertz CT molecular complexity index is 398. The van der Waals surface area contributed by atoms with Crippen molar-refractivity contribution in [2.45, 2.75) is 44.9 Å². The van der Waals surface area contributed by atoms with E-state index >= 15 is 0 Å². The van der Waals surface area contributed by atoms with E-state index in [-0.39, 0.29) is 24.8 Å². The zero-order valence-electron chi connectivity index (χ0n) is 12.4. The molecule has 1 aromatic rings. The van der Waals surface area contributed by atoms with Gasteiger partial charge in [0.05, 0.1) is 25.4 Å². The average Bonchev–Trinajstić information content (AvgIpc) is 2.84. The first-order chi connectivity index (χ1) is 9.61. The van der Waals surface area contributed by atoms with E-state index in [0.29, 0.717) is 6.61 Å². The number of likely N-dealkylation sites (tertiary alicyclic amines) is 1. The summed E-state index contributed by atoms with van der Waals surface area (Å²) in [6, 6.07) is 4.16. The molecule has 3 N–H and O–H groups in total. The predicted octanol–water partition coefficient (Wildman–Crippen LogP) is 1.45. The van der Waals surface area contributed by atoms with Gasteiger partial charge in [-0.2, -0.15) is 0 Å². The molecule has 0 spiro atoms. The van der Waals surface area contributed by atoms with Crippen LogP contribution in [-0.2, 0) is 4.74 Å². The van der Waals surface area contributed by atoms with Crippen LogP contribution in [0, 0.1) is 6.92 Å². The van der Waals surface area contributed by atoms with Crippen LogP contribution in [0.15, 0.2) is 16.5 Å². The summed E-state index contributed by atoms with van der Waals surface area (Å²) < 4.78 is 11.4. The molecule has 0 aliphatic carbocycles. The van der Waals surface area contributed by atoms with Gasteiger partial charge in [-0.15, -0.1) is 0 Å². The van der Waals surface area contributed by atoms with Crippen molar-refractivity contribution >= 4 is 0 Å². The quantitative estimate of drug-likeness (QED) is 0.826. The standard InChI is InChI=1S/C15H26N2O3/c1-11-3-4-14(20-11)15(12(2)16)17-7-5-13(6-8-17)19-10-9-18/h3-4,12-13,15,18H,5-10,16H2,1-2H3. The largest absolute Gasteiger partial charge is 0.465 e. The number of ether oxygens (including phenoxy) is 1. The minimum atomic E-state index is 0.0236. The lowest BCUT2D eigenvalue weighted by Crippen LogP contribution is -2.45. The molecule has 1 saturated heterocycles. The molecule has 1 fully saturated rings. The molecule has 5 nitrogen and oxygen atoms in total. The minimum Gasteiger partial charge on any atom is -0.465 e. The third-order valence-corrected chi connectivity index (χ3v) is 3.87. The minimum absolute atomic E-state index is 0.0236. The molecule has 0 bridgehead atoms. The monoisotopic (exact) mass is 282 g/mol. The van der Waals surface area contributed by atoms with Gasteiger partial charge < -0.3 is 20.0 Å². The molecule has 0 radical (unpaired) electrons. The molecule has 2 unspecified atom stereocenters. The number of aliphatic hydroxyl groups is 1. The maximum absolute atomic E-state index is 8.80. The third kappa shape index (κ3) is 3.82. The maximum Gasteiger partial charge on any atom is 0.122 e. The molecule has 5 heteroatoms. The van der Waals surface area contributed by atoms with Gasteiger partial charge in [0.15, 0.2) is 0 Å². The van der Waals surface area contributed by atoms with E-state index in [0.717, 1.165) is 37.5 Å². The van der Waals surface area contributed by atoms with E-state index in [1.807, 2.05) is 26.0 Å². The lowest BCUT2D eigenvalue weighted by Gasteiger charge is -2.38. The van der Waals surface area contributed by atoms with Crippen LogP contribution in [0.25, 0.3) is 0 Å². The molecule has 1 aromatic heterocycles. The first kappa shape index (κ1) is 15.5. The van der Waals surface area contributed by atoms with Crippen molar-refractivity contribution in [3.8, 4) is 0 Å². The van der Waals surface area contributed by atoms with Crippen molar-refractivity contribution in [3.63, 3.8) is 0 Å².